The van der Waals surface area contributed by atoms with Crippen LogP contribution in [0.1, 0.15) is 25.2 Å². The Hall–Kier alpha value is -0.870. The number of aryl methyl sites for hydroxylation is 2. The van der Waals surface area contributed by atoms with E-state index in [9.17, 15) is 0 Å². The molecule has 0 aromatic carbocycles. The zero-order valence-corrected chi connectivity index (χ0v) is 12.5. The second-order valence-corrected chi connectivity index (χ2v) is 5.64. The van der Waals surface area contributed by atoms with Crippen molar-refractivity contribution >= 4 is 17.4 Å². The summed E-state index contributed by atoms with van der Waals surface area (Å²) in [5, 5.41) is 0.516. The van der Waals surface area contributed by atoms with E-state index in [4.69, 9.17) is 11.6 Å². The van der Waals surface area contributed by atoms with Crippen molar-refractivity contribution in [3.8, 4) is 0 Å². The van der Waals surface area contributed by atoms with Gasteiger partial charge in [-0.05, 0) is 34.7 Å². The highest BCUT2D eigenvalue weighted by Crippen LogP contribution is 2.26. The topological polar surface area (TPSA) is 32.3 Å². The molecule has 1 fully saturated rings. The van der Waals surface area contributed by atoms with Gasteiger partial charge in [0.1, 0.15) is 0 Å². The first kappa shape index (κ1) is 13.6. The predicted molar refractivity (Wildman–Crippen MR) is 75.4 cm³/mol. The molecule has 2 heterocycles. The molecule has 0 amide bonds. The maximum absolute atomic E-state index is 6.24. The van der Waals surface area contributed by atoms with Gasteiger partial charge in [-0.3, -0.25) is 4.90 Å². The first-order chi connectivity index (χ1) is 8.40. The second-order valence-electron chi connectivity index (χ2n) is 5.28. The predicted octanol–water partition coefficient (Wildman–Crippen LogP) is 2.28. The van der Waals surface area contributed by atoms with Gasteiger partial charge in [0, 0.05) is 25.2 Å². The van der Waals surface area contributed by atoms with Gasteiger partial charge in [0.25, 0.3) is 0 Å². The molecular formula is C13H21ClN4. The molecule has 0 spiro atoms. The van der Waals surface area contributed by atoms with E-state index in [0.717, 1.165) is 30.3 Å². The van der Waals surface area contributed by atoms with Gasteiger partial charge in [-0.15, -0.1) is 0 Å². The summed E-state index contributed by atoms with van der Waals surface area (Å²) >= 11 is 6.24. The lowest BCUT2D eigenvalue weighted by Gasteiger charge is -2.43. The van der Waals surface area contributed by atoms with Crippen molar-refractivity contribution < 1.29 is 0 Å². The van der Waals surface area contributed by atoms with Gasteiger partial charge in [-0.2, -0.15) is 0 Å². The van der Waals surface area contributed by atoms with Crippen molar-refractivity contribution in [1.29, 1.82) is 0 Å². The van der Waals surface area contributed by atoms with Crippen LogP contribution in [-0.4, -0.2) is 47.1 Å². The Labute approximate surface area is 114 Å². The zero-order valence-electron chi connectivity index (χ0n) is 11.7. The monoisotopic (exact) mass is 268 g/mol. The summed E-state index contributed by atoms with van der Waals surface area (Å²) in [6, 6.07) is 0.987. The Morgan fingerprint density at radius 2 is 1.56 bits per heavy atom. The molecule has 1 saturated heterocycles. The molecule has 0 aliphatic carbocycles. The van der Waals surface area contributed by atoms with E-state index in [1.807, 2.05) is 13.8 Å². The standard InChI is InChI=1S/C13H21ClN4/c1-8-6-18(7-9(2)17(8)5)13-12(14)15-10(3)11(4)16-13/h8-9H,6-7H2,1-5H3. The highest BCUT2D eigenvalue weighted by atomic mass is 35.5. The smallest absolute Gasteiger partial charge is 0.171 e. The first-order valence-corrected chi connectivity index (χ1v) is 6.75. The lowest BCUT2D eigenvalue weighted by atomic mass is 10.1. The van der Waals surface area contributed by atoms with Gasteiger partial charge in [0.15, 0.2) is 11.0 Å². The largest absolute Gasteiger partial charge is 0.351 e. The molecule has 2 rings (SSSR count). The average molecular weight is 269 g/mol. The molecule has 4 nitrogen and oxygen atoms in total. The van der Waals surface area contributed by atoms with Crippen LogP contribution in [0.5, 0.6) is 0 Å². The van der Waals surface area contributed by atoms with Crippen molar-refractivity contribution in [2.45, 2.75) is 39.8 Å². The van der Waals surface area contributed by atoms with Gasteiger partial charge in [0.2, 0.25) is 0 Å². The van der Waals surface area contributed by atoms with E-state index in [1.54, 1.807) is 0 Å². The summed E-state index contributed by atoms with van der Waals surface area (Å²) in [6.07, 6.45) is 0. The Morgan fingerprint density at radius 3 is 2.11 bits per heavy atom. The minimum absolute atomic E-state index is 0.494. The van der Waals surface area contributed by atoms with Crippen molar-refractivity contribution in [2.75, 3.05) is 25.0 Å². The summed E-state index contributed by atoms with van der Waals surface area (Å²) < 4.78 is 0. The third kappa shape index (κ3) is 2.45. The molecule has 5 heteroatoms. The Bertz CT molecular complexity index is 437. The number of hydrogen-bond donors (Lipinski definition) is 0. The Balaban J connectivity index is 2.29. The number of likely N-dealkylation sites (N-methyl/N-ethyl adjacent to an activating group) is 1. The molecule has 1 aliphatic heterocycles. The number of anilines is 1. The maximum Gasteiger partial charge on any atom is 0.171 e. The summed E-state index contributed by atoms with van der Waals surface area (Å²) in [5.41, 5.74) is 1.85. The number of nitrogens with zero attached hydrogens (tertiary/aromatic N) is 4. The molecule has 0 bridgehead atoms. The molecular weight excluding hydrogens is 248 g/mol. The van der Waals surface area contributed by atoms with Gasteiger partial charge in [-0.25, -0.2) is 9.97 Å². The van der Waals surface area contributed by atoms with Crippen LogP contribution >= 0.6 is 11.6 Å². The normalized spacial score (nSPS) is 25.6. The third-order valence-electron chi connectivity index (χ3n) is 3.91. The van der Waals surface area contributed by atoms with E-state index < -0.39 is 0 Å². The zero-order chi connectivity index (χ0) is 13.4. The van der Waals surface area contributed by atoms with Crippen LogP contribution in [0.25, 0.3) is 0 Å². The fourth-order valence-corrected chi connectivity index (χ4v) is 2.63. The Kier molecular flexibility index (Phi) is 3.78. The molecule has 0 N–H and O–H groups in total. The van der Waals surface area contributed by atoms with Crippen LogP contribution in [0.3, 0.4) is 0 Å². The number of rotatable bonds is 1. The van der Waals surface area contributed by atoms with Gasteiger partial charge < -0.3 is 4.90 Å². The van der Waals surface area contributed by atoms with E-state index in [1.165, 1.54) is 0 Å². The summed E-state index contributed by atoms with van der Waals surface area (Å²) in [4.78, 5) is 13.6. The van der Waals surface area contributed by atoms with Gasteiger partial charge in [0.05, 0.1) is 11.4 Å². The lowest BCUT2D eigenvalue weighted by Crippen LogP contribution is -2.55. The number of hydrogen-bond acceptors (Lipinski definition) is 4. The van der Waals surface area contributed by atoms with Crippen LogP contribution in [0.15, 0.2) is 0 Å². The van der Waals surface area contributed by atoms with E-state index in [-0.39, 0.29) is 0 Å². The fraction of sp³-hybridized carbons (Fsp3) is 0.692. The van der Waals surface area contributed by atoms with Crippen LogP contribution in [0.4, 0.5) is 5.82 Å². The molecule has 0 radical (unpaired) electrons. The molecule has 1 aliphatic rings. The lowest BCUT2D eigenvalue weighted by molar-refractivity contribution is 0.169. The average Bonchev–Trinajstić information content (AvgIpc) is 2.30. The quantitative estimate of drug-likeness (QED) is 0.782. The van der Waals surface area contributed by atoms with Crippen LogP contribution in [0, 0.1) is 13.8 Å². The molecule has 18 heavy (non-hydrogen) atoms. The van der Waals surface area contributed by atoms with Crippen LogP contribution in [-0.2, 0) is 0 Å². The Morgan fingerprint density at radius 1 is 1.06 bits per heavy atom. The minimum Gasteiger partial charge on any atom is -0.351 e. The molecule has 1 aromatic heterocycles. The van der Waals surface area contributed by atoms with Crippen molar-refractivity contribution in [2.24, 2.45) is 0 Å². The first-order valence-electron chi connectivity index (χ1n) is 6.37. The van der Waals surface area contributed by atoms with Crippen LogP contribution < -0.4 is 4.90 Å². The molecule has 2 unspecified atom stereocenters. The maximum atomic E-state index is 6.24. The van der Waals surface area contributed by atoms with Crippen molar-refractivity contribution in [3.63, 3.8) is 0 Å². The fourth-order valence-electron chi connectivity index (χ4n) is 2.34. The highest BCUT2D eigenvalue weighted by molar-refractivity contribution is 6.31. The van der Waals surface area contributed by atoms with E-state index in [0.29, 0.717) is 17.2 Å². The SMILES string of the molecule is Cc1nc(Cl)c(N2CC(C)N(C)C(C)C2)nc1C. The molecule has 1 aromatic rings. The number of halogens is 1. The molecule has 100 valence electrons. The van der Waals surface area contributed by atoms with Gasteiger partial charge in [-0.1, -0.05) is 11.6 Å². The minimum atomic E-state index is 0.494. The van der Waals surface area contributed by atoms with Crippen molar-refractivity contribution in [1.82, 2.24) is 14.9 Å². The molecule has 0 saturated carbocycles. The molecule has 2 atom stereocenters. The summed E-state index contributed by atoms with van der Waals surface area (Å²) in [6.45, 7) is 10.3. The number of aromatic nitrogens is 2. The van der Waals surface area contributed by atoms with Crippen molar-refractivity contribution in [3.05, 3.63) is 16.5 Å². The van der Waals surface area contributed by atoms with E-state index in [2.05, 4.69) is 40.7 Å². The number of piperazine rings is 1. The van der Waals surface area contributed by atoms with Crippen LogP contribution in [0.2, 0.25) is 5.15 Å². The highest BCUT2D eigenvalue weighted by Gasteiger charge is 2.28. The summed E-state index contributed by atoms with van der Waals surface area (Å²) in [7, 11) is 2.17. The second kappa shape index (κ2) is 5.02. The third-order valence-corrected chi connectivity index (χ3v) is 4.16. The summed E-state index contributed by atoms with van der Waals surface area (Å²) in [5.74, 6) is 0.826. The van der Waals surface area contributed by atoms with Gasteiger partial charge >= 0.3 is 0 Å². The van der Waals surface area contributed by atoms with E-state index >= 15 is 0 Å².